The summed E-state index contributed by atoms with van der Waals surface area (Å²) in [6, 6.07) is 10.3. The molecule has 0 amide bonds. The molecule has 0 spiro atoms. The molecule has 0 bridgehead atoms. The highest BCUT2D eigenvalue weighted by Gasteiger charge is 2.01. The maximum absolute atomic E-state index is 8.54. The van der Waals surface area contributed by atoms with Crippen LogP contribution in [0.5, 0.6) is 0 Å². The topological polar surface area (TPSA) is 45.0 Å². The van der Waals surface area contributed by atoms with Gasteiger partial charge in [-0.05, 0) is 24.6 Å². The average Bonchev–Trinajstić information content (AvgIpc) is 2.19. The molecular weight excluding hydrogens is 188 g/mol. The van der Waals surface area contributed by atoms with Crippen LogP contribution in [0.15, 0.2) is 24.3 Å². The summed E-state index contributed by atoms with van der Waals surface area (Å²) >= 11 is 0. The molecule has 1 aromatic carbocycles. The zero-order valence-corrected chi connectivity index (χ0v) is 9.16. The van der Waals surface area contributed by atoms with Crippen LogP contribution in [0.2, 0.25) is 0 Å². The van der Waals surface area contributed by atoms with Crippen LogP contribution >= 0.6 is 0 Å². The maximum Gasteiger partial charge on any atom is 0.0713 e. The Morgan fingerprint density at radius 1 is 1.53 bits per heavy atom. The molecule has 1 atom stereocenters. The summed E-state index contributed by atoms with van der Waals surface area (Å²) in [6.45, 7) is 2.61. The number of hydrogen-bond acceptors (Lipinski definition) is 3. The first-order chi connectivity index (χ1) is 7.26. The molecule has 80 valence electrons. The Morgan fingerprint density at radius 2 is 2.33 bits per heavy atom. The molecule has 0 aliphatic heterocycles. The molecule has 0 radical (unpaired) electrons. The van der Waals surface area contributed by atoms with Crippen molar-refractivity contribution < 1.29 is 4.74 Å². The van der Waals surface area contributed by atoms with Crippen LogP contribution in [-0.2, 0) is 11.3 Å². The van der Waals surface area contributed by atoms with Crippen LogP contribution < -0.4 is 5.32 Å². The summed E-state index contributed by atoms with van der Waals surface area (Å²) in [7, 11) is 1.68. The molecule has 15 heavy (non-hydrogen) atoms. The fourth-order valence-corrected chi connectivity index (χ4v) is 1.39. The number of rotatable bonds is 5. The van der Waals surface area contributed by atoms with Gasteiger partial charge in [0.15, 0.2) is 0 Å². The number of nitrogens with one attached hydrogen (secondary N) is 1. The first-order valence-corrected chi connectivity index (χ1v) is 4.97. The van der Waals surface area contributed by atoms with E-state index in [2.05, 4.69) is 11.4 Å². The Morgan fingerprint density at radius 3 is 3.00 bits per heavy atom. The molecule has 0 fully saturated rings. The minimum absolute atomic E-state index is 0.174. The number of nitrogens with zero attached hydrogens (tertiary/aromatic N) is 1. The fourth-order valence-electron chi connectivity index (χ4n) is 1.39. The van der Waals surface area contributed by atoms with E-state index in [1.807, 2.05) is 31.2 Å². The Bertz CT molecular complexity index is 344. The third-order valence-corrected chi connectivity index (χ3v) is 2.05. The van der Waals surface area contributed by atoms with Crippen molar-refractivity contribution in [3.05, 3.63) is 29.8 Å². The Kier molecular flexibility index (Phi) is 4.65. The van der Waals surface area contributed by atoms with Gasteiger partial charge in [-0.2, -0.15) is 5.26 Å². The fraction of sp³-hybridized carbons (Fsp3) is 0.417. The van der Waals surface area contributed by atoms with Crippen LogP contribution in [-0.4, -0.2) is 13.2 Å². The normalized spacial score (nSPS) is 11.8. The van der Waals surface area contributed by atoms with E-state index in [-0.39, 0.29) is 6.04 Å². The Hall–Kier alpha value is -1.53. The van der Waals surface area contributed by atoms with Gasteiger partial charge < -0.3 is 10.1 Å². The molecule has 3 heteroatoms. The number of ether oxygens (including phenoxy) is 1. The van der Waals surface area contributed by atoms with E-state index >= 15 is 0 Å². The first-order valence-electron chi connectivity index (χ1n) is 4.97. The van der Waals surface area contributed by atoms with Gasteiger partial charge in [0, 0.05) is 18.8 Å². The zero-order valence-electron chi connectivity index (χ0n) is 9.16. The van der Waals surface area contributed by atoms with Crippen molar-refractivity contribution in [1.82, 2.24) is 0 Å². The quantitative estimate of drug-likeness (QED) is 0.801. The van der Waals surface area contributed by atoms with E-state index in [1.165, 1.54) is 0 Å². The summed E-state index contributed by atoms with van der Waals surface area (Å²) in [4.78, 5) is 0. The molecule has 0 aromatic heterocycles. The van der Waals surface area contributed by atoms with Crippen molar-refractivity contribution in [2.24, 2.45) is 0 Å². The first kappa shape index (κ1) is 11.5. The van der Waals surface area contributed by atoms with E-state index in [0.29, 0.717) is 13.0 Å². The Labute approximate surface area is 90.7 Å². The van der Waals surface area contributed by atoms with E-state index in [0.717, 1.165) is 11.3 Å². The molecule has 1 N–H and O–H groups in total. The Balaban J connectivity index is 2.61. The van der Waals surface area contributed by atoms with Crippen LogP contribution in [0, 0.1) is 11.3 Å². The summed E-state index contributed by atoms with van der Waals surface area (Å²) in [5.41, 5.74) is 2.17. The summed E-state index contributed by atoms with van der Waals surface area (Å²) < 4.78 is 5.06. The highest BCUT2D eigenvalue weighted by atomic mass is 16.5. The minimum Gasteiger partial charge on any atom is -0.382 e. The van der Waals surface area contributed by atoms with E-state index in [4.69, 9.17) is 10.00 Å². The molecule has 0 heterocycles. The number of anilines is 1. The molecule has 3 nitrogen and oxygen atoms in total. The lowest BCUT2D eigenvalue weighted by Gasteiger charge is -2.12. The maximum atomic E-state index is 8.54. The summed E-state index contributed by atoms with van der Waals surface area (Å²) in [5, 5.41) is 11.8. The van der Waals surface area contributed by atoms with Gasteiger partial charge in [-0.3, -0.25) is 0 Å². The second-order valence-electron chi connectivity index (χ2n) is 3.54. The van der Waals surface area contributed by atoms with Gasteiger partial charge in [-0.15, -0.1) is 0 Å². The van der Waals surface area contributed by atoms with Gasteiger partial charge >= 0.3 is 0 Å². The smallest absolute Gasteiger partial charge is 0.0713 e. The SMILES string of the molecule is COCc1cccc(NC(C)CC#N)c1. The molecule has 0 aliphatic carbocycles. The van der Waals surface area contributed by atoms with Crippen LogP contribution in [0.1, 0.15) is 18.9 Å². The van der Waals surface area contributed by atoms with Crippen molar-refractivity contribution in [2.75, 3.05) is 12.4 Å². The van der Waals surface area contributed by atoms with Crippen molar-refractivity contribution in [3.8, 4) is 6.07 Å². The van der Waals surface area contributed by atoms with Crippen molar-refractivity contribution in [3.63, 3.8) is 0 Å². The lowest BCUT2D eigenvalue weighted by atomic mass is 10.2. The van der Waals surface area contributed by atoms with Crippen molar-refractivity contribution in [2.45, 2.75) is 26.0 Å². The number of hydrogen-bond donors (Lipinski definition) is 1. The number of benzene rings is 1. The molecular formula is C12H16N2O. The standard InChI is InChI=1S/C12H16N2O/c1-10(6-7-13)14-12-5-3-4-11(8-12)9-15-2/h3-5,8,10,14H,6,9H2,1-2H3. The summed E-state index contributed by atoms with van der Waals surface area (Å²) in [5.74, 6) is 0. The molecule has 0 aliphatic rings. The lowest BCUT2D eigenvalue weighted by Crippen LogP contribution is -2.14. The third-order valence-electron chi connectivity index (χ3n) is 2.05. The second-order valence-corrected chi connectivity index (χ2v) is 3.54. The van der Waals surface area contributed by atoms with E-state index in [1.54, 1.807) is 7.11 Å². The highest BCUT2D eigenvalue weighted by Crippen LogP contribution is 2.13. The number of nitriles is 1. The molecule has 1 aromatic rings. The zero-order chi connectivity index (χ0) is 11.1. The van der Waals surface area contributed by atoms with Crippen LogP contribution in [0.4, 0.5) is 5.69 Å². The van der Waals surface area contributed by atoms with Gasteiger partial charge in [-0.1, -0.05) is 12.1 Å². The van der Waals surface area contributed by atoms with Gasteiger partial charge in [-0.25, -0.2) is 0 Å². The molecule has 1 rings (SSSR count). The van der Waals surface area contributed by atoms with Gasteiger partial charge in [0.05, 0.1) is 19.1 Å². The molecule has 0 saturated heterocycles. The predicted molar refractivity (Wildman–Crippen MR) is 60.5 cm³/mol. The van der Waals surface area contributed by atoms with Gasteiger partial charge in [0.25, 0.3) is 0 Å². The summed E-state index contributed by atoms with van der Waals surface area (Å²) in [6.07, 6.45) is 0.508. The van der Waals surface area contributed by atoms with Crippen LogP contribution in [0.3, 0.4) is 0 Å². The number of methoxy groups -OCH3 is 1. The molecule has 0 saturated carbocycles. The van der Waals surface area contributed by atoms with E-state index < -0.39 is 0 Å². The monoisotopic (exact) mass is 204 g/mol. The van der Waals surface area contributed by atoms with Crippen LogP contribution in [0.25, 0.3) is 0 Å². The highest BCUT2D eigenvalue weighted by molar-refractivity contribution is 5.46. The largest absolute Gasteiger partial charge is 0.382 e. The van der Waals surface area contributed by atoms with Gasteiger partial charge in [0.2, 0.25) is 0 Å². The van der Waals surface area contributed by atoms with Crippen molar-refractivity contribution >= 4 is 5.69 Å². The molecule has 1 unspecified atom stereocenters. The average molecular weight is 204 g/mol. The van der Waals surface area contributed by atoms with Gasteiger partial charge in [0.1, 0.15) is 0 Å². The second kappa shape index (κ2) is 6.05. The van der Waals surface area contributed by atoms with Crippen molar-refractivity contribution in [1.29, 1.82) is 5.26 Å². The van der Waals surface area contributed by atoms with E-state index in [9.17, 15) is 0 Å². The lowest BCUT2D eigenvalue weighted by molar-refractivity contribution is 0.185. The minimum atomic E-state index is 0.174. The third kappa shape index (κ3) is 4.01. The predicted octanol–water partition coefficient (Wildman–Crippen LogP) is 2.55.